The number of amides is 2. The highest BCUT2D eigenvalue weighted by Crippen LogP contribution is 2.17. The van der Waals surface area contributed by atoms with Gasteiger partial charge in [0.2, 0.25) is 0 Å². The number of ether oxygens (including phenoxy) is 1. The second kappa shape index (κ2) is 7.04. The van der Waals surface area contributed by atoms with E-state index in [-0.39, 0.29) is 6.03 Å². The molecule has 0 aromatic carbocycles. The second-order valence-electron chi connectivity index (χ2n) is 5.16. The SMILES string of the molecule is Cc1nc(NC(=O)N(C)C[C@H]2CCCOC2)ccc1Br. The Kier molecular flexibility index (Phi) is 5.37. The van der Waals surface area contributed by atoms with E-state index in [4.69, 9.17) is 4.74 Å². The molecule has 1 aliphatic rings. The Bertz CT molecular complexity index is 475. The molecule has 110 valence electrons. The minimum Gasteiger partial charge on any atom is -0.381 e. The highest BCUT2D eigenvalue weighted by atomic mass is 79.9. The van der Waals surface area contributed by atoms with Gasteiger partial charge in [-0.25, -0.2) is 9.78 Å². The third-order valence-corrected chi connectivity index (χ3v) is 4.23. The summed E-state index contributed by atoms with van der Waals surface area (Å²) in [4.78, 5) is 18.1. The van der Waals surface area contributed by atoms with Crippen LogP contribution < -0.4 is 5.32 Å². The molecule has 1 N–H and O–H groups in total. The van der Waals surface area contributed by atoms with Gasteiger partial charge in [0.25, 0.3) is 0 Å². The van der Waals surface area contributed by atoms with Crippen LogP contribution in [0.25, 0.3) is 0 Å². The zero-order valence-electron chi connectivity index (χ0n) is 11.9. The maximum Gasteiger partial charge on any atom is 0.322 e. The van der Waals surface area contributed by atoms with Crippen molar-refractivity contribution in [2.24, 2.45) is 5.92 Å². The lowest BCUT2D eigenvalue weighted by atomic mass is 10.0. The number of anilines is 1. The van der Waals surface area contributed by atoms with Crippen LogP contribution in [-0.4, -0.2) is 42.7 Å². The summed E-state index contributed by atoms with van der Waals surface area (Å²) in [5, 5.41) is 2.81. The first-order valence-corrected chi connectivity index (χ1v) is 7.58. The fourth-order valence-corrected chi connectivity index (χ4v) is 2.46. The van der Waals surface area contributed by atoms with Gasteiger partial charge in [-0.05, 0) is 47.8 Å². The first-order chi connectivity index (χ1) is 9.56. The lowest BCUT2D eigenvalue weighted by molar-refractivity contribution is 0.0464. The van der Waals surface area contributed by atoms with Crippen LogP contribution in [0.2, 0.25) is 0 Å². The van der Waals surface area contributed by atoms with Gasteiger partial charge < -0.3 is 9.64 Å². The molecule has 0 bridgehead atoms. The van der Waals surface area contributed by atoms with E-state index in [1.54, 1.807) is 18.0 Å². The Labute approximate surface area is 127 Å². The molecule has 0 radical (unpaired) electrons. The number of nitrogens with zero attached hydrogens (tertiary/aromatic N) is 2. The molecule has 2 rings (SSSR count). The van der Waals surface area contributed by atoms with Crippen LogP contribution in [0.5, 0.6) is 0 Å². The third kappa shape index (κ3) is 4.18. The van der Waals surface area contributed by atoms with Crippen molar-refractivity contribution in [3.8, 4) is 0 Å². The van der Waals surface area contributed by atoms with Gasteiger partial charge in [-0.15, -0.1) is 0 Å². The molecule has 0 aliphatic carbocycles. The van der Waals surface area contributed by atoms with Crippen LogP contribution in [-0.2, 0) is 4.74 Å². The number of urea groups is 1. The predicted octanol–water partition coefficient (Wildman–Crippen LogP) is 3.04. The number of halogens is 1. The fourth-order valence-electron chi connectivity index (χ4n) is 2.24. The molecule has 2 heterocycles. The highest BCUT2D eigenvalue weighted by molar-refractivity contribution is 9.10. The molecular formula is C14H20BrN3O2. The van der Waals surface area contributed by atoms with Crippen molar-refractivity contribution in [1.29, 1.82) is 0 Å². The molecule has 20 heavy (non-hydrogen) atoms. The molecule has 2 amide bonds. The summed E-state index contributed by atoms with van der Waals surface area (Å²) in [5.74, 6) is 1.00. The molecule has 1 saturated heterocycles. The van der Waals surface area contributed by atoms with Gasteiger partial charge in [0.05, 0.1) is 12.3 Å². The van der Waals surface area contributed by atoms with E-state index in [0.29, 0.717) is 18.3 Å². The zero-order chi connectivity index (χ0) is 14.5. The maximum atomic E-state index is 12.1. The van der Waals surface area contributed by atoms with Crippen LogP contribution >= 0.6 is 15.9 Å². The van der Waals surface area contributed by atoms with E-state index in [0.717, 1.165) is 36.2 Å². The van der Waals surface area contributed by atoms with Gasteiger partial charge in [0, 0.05) is 30.6 Å². The lowest BCUT2D eigenvalue weighted by Crippen LogP contribution is -2.37. The van der Waals surface area contributed by atoms with E-state index >= 15 is 0 Å². The van der Waals surface area contributed by atoms with Crippen molar-refractivity contribution in [2.75, 3.05) is 32.1 Å². The number of rotatable bonds is 3. The van der Waals surface area contributed by atoms with Gasteiger partial charge in [-0.2, -0.15) is 0 Å². The standard InChI is InChI=1S/C14H20BrN3O2/c1-10-12(15)5-6-13(16-10)17-14(19)18(2)8-11-4-3-7-20-9-11/h5-6,11H,3-4,7-9H2,1-2H3,(H,16,17,19)/t11-/m1/s1. The zero-order valence-corrected chi connectivity index (χ0v) is 13.4. The molecule has 1 aromatic heterocycles. The van der Waals surface area contributed by atoms with Crippen LogP contribution in [0.4, 0.5) is 10.6 Å². The Morgan fingerprint density at radius 2 is 2.40 bits per heavy atom. The Morgan fingerprint density at radius 1 is 1.60 bits per heavy atom. The number of carbonyl (C=O) groups is 1. The summed E-state index contributed by atoms with van der Waals surface area (Å²) < 4.78 is 6.37. The molecule has 0 saturated carbocycles. The largest absolute Gasteiger partial charge is 0.381 e. The summed E-state index contributed by atoms with van der Waals surface area (Å²) in [6.07, 6.45) is 2.20. The van der Waals surface area contributed by atoms with Crippen molar-refractivity contribution in [3.05, 3.63) is 22.3 Å². The Hall–Kier alpha value is -1.14. The molecule has 6 heteroatoms. The normalized spacial score (nSPS) is 18.6. The van der Waals surface area contributed by atoms with Gasteiger partial charge in [-0.1, -0.05) is 0 Å². The van der Waals surface area contributed by atoms with Crippen molar-refractivity contribution >= 4 is 27.8 Å². The summed E-state index contributed by atoms with van der Waals surface area (Å²) in [7, 11) is 1.80. The molecular weight excluding hydrogens is 322 g/mol. The van der Waals surface area contributed by atoms with E-state index in [1.807, 2.05) is 13.0 Å². The number of pyridine rings is 1. The monoisotopic (exact) mass is 341 g/mol. The van der Waals surface area contributed by atoms with Crippen LogP contribution in [0.3, 0.4) is 0 Å². The molecule has 0 unspecified atom stereocenters. The fraction of sp³-hybridized carbons (Fsp3) is 0.571. The molecule has 0 spiro atoms. The van der Waals surface area contributed by atoms with Crippen molar-refractivity contribution < 1.29 is 9.53 Å². The van der Waals surface area contributed by atoms with Crippen molar-refractivity contribution in [3.63, 3.8) is 0 Å². The average molecular weight is 342 g/mol. The van der Waals surface area contributed by atoms with Gasteiger partial charge >= 0.3 is 6.03 Å². The minimum atomic E-state index is -0.134. The molecule has 5 nitrogen and oxygen atoms in total. The van der Waals surface area contributed by atoms with Crippen molar-refractivity contribution in [1.82, 2.24) is 9.88 Å². The minimum absolute atomic E-state index is 0.134. The molecule has 1 fully saturated rings. The highest BCUT2D eigenvalue weighted by Gasteiger charge is 2.19. The first kappa shape index (κ1) is 15.3. The number of carbonyl (C=O) groups excluding carboxylic acids is 1. The van der Waals surface area contributed by atoms with Gasteiger partial charge in [-0.3, -0.25) is 5.32 Å². The van der Waals surface area contributed by atoms with E-state index in [9.17, 15) is 4.79 Å². The summed E-state index contributed by atoms with van der Waals surface area (Å²) in [5.41, 5.74) is 0.853. The predicted molar refractivity (Wildman–Crippen MR) is 81.9 cm³/mol. The van der Waals surface area contributed by atoms with Crippen LogP contribution in [0, 0.1) is 12.8 Å². The second-order valence-corrected chi connectivity index (χ2v) is 6.01. The smallest absolute Gasteiger partial charge is 0.322 e. The summed E-state index contributed by atoms with van der Waals surface area (Å²) in [6.45, 7) is 4.19. The van der Waals surface area contributed by atoms with Gasteiger partial charge in [0.15, 0.2) is 0 Å². The Morgan fingerprint density at radius 3 is 3.05 bits per heavy atom. The first-order valence-electron chi connectivity index (χ1n) is 6.79. The van der Waals surface area contributed by atoms with Crippen molar-refractivity contribution in [2.45, 2.75) is 19.8 Å². The number of aromatic nitrogens is 1. The number of hydrogen-bond acceptors (Lipinski definition) is 3. The number of hydrogen-bond donors (Lipinski definition) is 1. The molecule has 1 atom stereocenters. The summed E-state index contributed by atoms with van der Waals surface area (Å²) in [6, 6.07) is 3.53. The summed E-state index contributed by atoms with van der Waals surface area (Å²) >= 11 is 3.39. The quantitative estimate of drug-likeness (QED) is 0.919. The number of nitrogens with one attached hydrogen (secondary N) is 1. The van der Waals surface area contributed by atoms with Crippen LogP contribution in [0.1, 0.15) is 18.5 Å². The topological polar surface area (TPSA) is 54.5 Å². The molecule has 1 aromatic rings. The van der Waals surface area contributed by atoms with Crippen LogP contribution in [0.15, 0.2) is 16.6 Å². The lowest BCUT2D eigenvalue weighted by Gasteiger charge is -2.27. The van der Waals surface area contributed by atoms with E-state index in [2.05, 4.69) is 26.2 Å². The third-order valence-electron chi connectivity index (χ3n) is 3.39. The van der Waals surface area contributed by atoms with E-state index in [1.165, 1.54) is 0 Å². The number of aryl methyl sites for hydroxylation is 1. The maximum absolute atomic E-state index is 12.1. The molecule has 1 aliphatic heterocycles. The van der Waals surface area contributed by atoms with Gasteiger partial charge in [0.1, 0.15) is 5.82 Å². The van der Waals surface area contributed by atoms with E-state index < -0.39 is 0 Å². The Balaban J connectivity index is 1.88. The average Bonchev–Trinajstić information content (AvgIpc) is 2.44.